The maximum atomic E-state index is 12.5. The lowest BCUT2D eigenvalue weighted by atomic mass is 9.84. The molecule has 0 radical (unpaired) electrons. The summed E-state index contributed by atoms with van der Waals surface area (Å²) in [5.74, 6) is 0.843. The van der Waals surface area contributed by atoms with Crippen molar-refractivity contribution in [1.29, 1.82) is 0 Å². The van der Waals surface area contributed by atoms with E-state index in [9.17, 15) is 35.1 Å². The maximum Gasteiger partial charge on any atom is 0.405 e. The van der Waals surface area contributed by atoms with E-state index in [0.29, 0.717) is 58.4 Å². The molecule has 0 bridgehead atoms. The van der Waals surface area contributed by atoms with Crippen LogP contribution in [0.4, 0.5) is 35.1 Å². The zero-order valence-corrected chi connectivity index (χ0v) is 48.0. The van der Waals surface area contributed by atoms with Gasteiger partial charge in [0.15, 0.2) is 0 Å². The minimum absolute atomic E-state index is 0.0104. The van der Waals surface area contributed by atoms with Gasteiger partial charge in [-0.1, -0.05) is 78.8 Å². The third kappa shape index (κ3) is 30.6. The monoisotopic (exact) mass is 1120 g/mol. The summed E-state index contributed by atoms with van der Waals surface area (Å²) in [5, 5.41) is 38.8. The number of nitrogens with zero attached hydrogens (tertiary/aromatic N) is 1. The highest BCUT2D eigenvalue weighted by Crippen LogP contribution is 2.32. The molecule has 6 aliphatic heterocycles. The zero-order chi connectivity index (χ0) is 57.4. The summed E-state index contributed by atoms with van der Waals surface area (Å²) in [6.07, 6.45) is 0.187. The molecule has 78 heavy (non-hydrogen) atoms. The fraction of sp³-hybridized carbons (Fsp3) is 0.737. The highest BCUT2D eigenvalue weighted by atomic mass is 19.4. The van der Waals surface area contributed by atoms with Gasteiger partial charge in [0, 0.05) is 160 Å². The van der Waals surface area contributed by atoms with Crippen LogP contribution in [0.3, 0.4) is 0 Å². The van der Waals surface area contributed by atoms with Crippen LogP contribution in [-0.2, 0) is 10.8 Å². The van der Waals surface area contributed by atoms with Gasteiger partial charge in [-0.15, -0.1) is 0 Å². The number of halogens is 8. The number of piperazine rings is 4. The number of hydrogen-bond acceptors (Lipinski definition) is 13. The van der Waals surface area contributed by atoms with Crippen molar-refractivity contribution in [3.05, 3.63) is 77.9 Å². The van der Waals surface area contributed by atoms with Crippen molar-refractivity contribution in [3.63, 3.8) is 0 Å². The highest BCUT2D eigenvalue weighted by Gasteiger charge is 2.39. The van der Waals surface area contributed by atoms with Crippen molar-refractivity contribution in [1.82, 2.24) is 68.8 Å². The Labute approximate surface area is 462 Å². The molecule has 10 rings (SSSR count). The number of nitrogens with one attached hydrogen (secondary N) is 12. The second-order valence-corrected chi connectivity index (χ2v) is 22.7. The number of rotatable bonds is 3. The van der Waals surface area contributed by atoms with E-state index in [1.165, 1.54) is 66.4 Å². The van der Waals surface area contributed by atoms with Crippen LogP contribution in [0, 0.1) is 11.7 Å². The maximum absolute atomic E-state index is 12.5. The van der Waals surface area contributed by atoms with Crippen LogP contribution in [0.15, 0.2) is 60.9 Å². The van der Waals surface area contributed by atoms with E-state index in [0.717, 1.165) is 70.4 Å². The third-order valence-corrected chi connectivity index (χ3v) is 13.6. The largest absolute Gasteiger partial charge is 0.405 e. The van der Waals surface area contributed by atoms with E-state index >= 15 is 0 Å². The predicted octanol–water partition coefficient (Wildman–Crippen LogP) is 5.92. The Morgan fingerprint density at radius 1 is 0.564 bits per heavy atom. The zero-order valence-electron chi connectivity index (χ0n) is 48.0. The van der Waals surface area contributed by atoms with Gasteiger partial charge < -0.3 is 63.8 Å². The molecular formula is C57H99F8N13. The molecule has 1 aliphatic carbocycles. The molecule has 1 saturated carbocycles. The molecule has 12 N–H and O–H groups in total. The quantitative estimate of drug-likeness (QED) is 0.141. The van der Waals surface area contributed by atoms with Gasteiger partial charge in [0.1, 0.15) is 24.2 Å². The topological polar surface area (TPSA) is 157 Å². The molecule has 5 unspecified atom stereocenters. The van der Waals surface area contributed by atoms with Gasteiger partial charge >= 0.3 is 6.18 Å². The molecule has 7 fully saturated rings. The fourth-order valence-corrected chi connectivity index (χ4v) is 8.67. The summed E-state index contributed by atoms with van der Waals surface area (Å²) < 4.78 is 96.4. The van der Waals surface area contributed by atoms with E-state index in [4.69, 9.17) is 0 Å². The third-order valence-electron chi connectivity index (χ3n) is 13.6. The summed E-state index contributed by atoms with van der Waals surface area (Å²) in [6.45, 7) is 31.7. The Morgan fingerprint density at radius 2 is 1.12 bits per heavy atom. The van der Waals surface area contributed by atoms with Crippen LogP contribution < -0.4 is 63.8 Å². The molecule has 0 spiro atoms. The predicted molar refractivity (Wildman–Crippen MR) is 305 cm³/mol. The summed E-state index contributed by atoms with van der Waals surface area (Å²) in [5.41, 5.74) is 2.87. The number of benzene rings is 2. The van der Waals surface area contributed by atoms with Crippen LogP contribution >= 0.6 is 0 Å². The Kier molecular flexibility index (Phi) is 33.4. The van der Waals surface area contributed by atoms with Gasteiger partial charge in [0.05, 0.1) is 6.04 Å². The molecule has 6 atom stereocenters. The number of fused-ring (bicyclic) bond motifs is 1. The first kappa shape index (κ1) is 69.1. The highest BCUT2D eigenvalue weighted by molar-refractivity contribution is 5.85. The van der Waals surface area contributed by atoms with Crippen LogP contribution in [0.5, 0.6) is 0 Å². The van der Waals surface area contributed by atoms with Crippen LogP contribution in [0.2, 0.25) is 0 Å². The normalized spacial score (nSPS) is 25.1. The molecule has 13 nitrogen and oxygen atoms in total. The molecule has 1 aromatic heterocycles. The summed E-state index contributed by atoms with van der Waals surface area (Å²) >= 11 is 0. The summed E-state index contributed by atoms with van der Waals surface area (Å²) in [6, 6.07) is 15.1. The lowest BCUT2D eigenvalue weighted by Crippen LogP contribution is -2.55. The number of hydrogen-bond donors (Lipinski definition) is 12. The van der Waals surface area contributed by atoms with Crippen molar-refractivity contribution in [2.24, 2.45) is 5.92 Å². The summed E-state index contributed by atoms with van der Waals surface area (Å²) in [4.78, 5) is 4.14. The number of aromatic nitrogens is 1. The van der Waals surface area contributed by atoms with Crippen molar-refractivity contribution < 1.29 is 35.1 Å². The average Bonchev–Trinajstić information content (AvgIpc) is 4.33. The van der Waals surface area contributed by atoms with Crippen LogP contribution in [0.1, 0.15) is 85.8 Å². The molecule has 21 heteroatoms. The molecule has 448 valence electrons. The molecule has 2 aromatic carbocycles. The standard InChI is InChI=1S/C13H15N.C10H13F.C7H14N2.C6H13FN2.C6H14N2.C5H9F3N2.C5H10F2N2.C5H11FN2/c1-13(2,3)12-6-4-5-10-9-14-8-7-11(10)12;1-10(2,3)8-4-6-9(11)7-5-8;1-2-6(1)7-5-8-3-4-9-7;1-5-2-8-3-6(7)4-9-5;1-2-6-5-7-3-4-8-6;6-5(7,8)4-3-9-1-2-10-4;6-5(7)4-3-8-1-2-9-4;6-5-3-7-1-2-8-4-5/h4-9H,1-3H3;4-7H,1-3H3;6-9H,1-5H2;5-6,8-9H,2-4H2,1H3;6-8H,2-5H2,1H3;4,9-10H,1-3H2;4-5,8-9H,1-3H2;5,7-8H,1-4H2/t;;7-;;;;;/m..0...../s1. The van der Waals surface area contributed by atoms with Crippen molar-refractivity contribution in [2.45, 2.75) is 141 Å². The van der Waals surface area contributed by atoms with E-state index in [1.807, 2.05) is 31.5 Å². The Hall–Kier alpha value is -3.19. The minimum atomic E-state index is -4.10. The SMILES string of the molecule is C1CN[C@H](C2CC2)CN1.CC(C)(C)c1ccc(F)cc1.CC(C)(C)c1cccc2cnccc12.CC1CNCC(F)CN1.CCC1CNCCN1.FC(F)(F)C1CNCCN1.FC(F)C1CNCCN1.FC1CNCCNC1. The Balaban J connectivity index is 0.000000236. The smallest absolute Gasteiger partial charge is 0.314 e. The van der Waals surface area contributed by atoms with E-state index < -0.39 is 37.0 Å². The van der Waals surface area contributed by atoms with E-state index in [-0.39, 0.29) is 23.2 Å². The van der Waals surface area contributed by atoms with E-state index in [2.05, 4.69) is 142 Å². The van der Waals surface area contributed by atoms with Gasteiger partial charge in [-0.3, -0.25) is 4.98 Å². The van der Waals surface area contributed by atoms with Crippen molar-refractivity contribution in [2.75, 3.05) is 124 Å². The van der Waals surface area contributed by atoms with Gasteiger partial charge in [0.2, 0.25) is 0 Å². The second kappa shape index (κ2) is 37.7. The van der Waals surface area contributed by atoms with Crippen molar-refractivity contribution in [3.8, 4) is 0 Å². The molecule has 6 saturated heterocycles. The fourth-order valence-electron chi connectivity index (χ4n) is 8.67. The van der Waals surface area contributed by atoms with Gasteiger partial charge in [0.25, 0.3) is 6.43 Å². The van der Waals surface area contributed by atoms with Crippen LogP contribution in [-0.4, -0.2) is 184 Å². The lowest BCUT2D eigenvalue weighted by molar-refractivity contribution is -0.157. The van der Waals surface area contributed by atoms with Gasteiger partial charge in [-0.05, 0) is 77.6 Å². The van der Waals surface area contributed by atoms with Gasteiger partial charge in [-0.2, -0.15) is 13.2 Å². The molecule has 7 heterocycles. The van der Waals surface area contributed by atoms with E-state index in [1.54, 1.807) is 0 Å². The van der Waals surface area contributed by atoms with Crippen LogP contribution in [0.25, 0.3) is 10.8 Å². The minimum Gasteiger partial charge on any atom is -0.314 e. The number of alkyl halides is 7. The average molecular weight is 1120 g/mol. The van der Waals surface area contributed by atoms with Crippen molar-refractivity contribution >= 4 is 10.8 Å². The Bertz CT molecular complexity index is 1910. The van der Waals surface area contributed by atoms with Gasteiger partial charge in [-0.25, -0.2) is 22.0 Å². The first-order valence-corrected chi connectivity index (χ1v) is 28.4. The number of pyridine rings is 1. The molecule has 0 amide bonds. The molecular weight excluding hydrogens is 1020 g/mol. The lowest BCUT2D eigenvalue weighted by Gasteiger charge is -2.26. The second-order valence-electron chi connectivity index (χ2n) is 22.7. The Morgan fingerprint density at radius 3 is 1.58 bits per heavy atom. The summed E-state index contributed by atoms with van der Waals surface area (Å²) in [7, 11) is 0. The first-order chi connectivity index (χ1) is 37.1. The molecule has 7 aliphatic rings. The molecule has 3 aromatic rings. The first-order valence-electron chi connectivity index (χ1n) is 28.4.